The lowest BCUT2D eigenvalue weighted by Gasteiger charge is -2.04. The van der Waals surface area contributed by atoms with Crippen LogP contribution in [0.25, 0.3) is 10.9 Å². The van der Waals surface area contributed by atoms with Crippen molar-refractivity contribution in [3.05, 3.63) is 63.0 Å². The van der Waals surface area contributed by atoms with Gasteiger partial charge in [0, 0.05) is 18.8 Å². The fourth-order valence-electron chi connectivity index (χ4n) is 2.25. The summed E-state index contributed by atoms with van der Waals surface area (Å²) in [5.74, 6) is 0. The summed E-state index contributed by atoms with van der Waals surface area (Å²) in [4.78, 5) is 10.6. The zero-order chi connectivity index (χ0) is 13.2. The summed E-state index contributed by atoms with van der Waals surface area (Å²) in [5, 5.41) is 15.9. The Morgan fingerprint density at radius 2 is 2.16 bits per heavy atom. The van der Waals surface area contributed by atoms with Crippen LogP contribution in [0.2, 0.25) is 0 Å². The lowest BCUT2D eigenvalue weighted by Crippen LogP contribution is -1.99. The first-order valence-electron chi connectivity index (χ1n) is 5.99. The molecule has 0 unspecified atom stereocenters. The number of nitro benzene ring substituents is 1. The molecule has 4 nitrogen and oxygen atoms in total. The smallest absolute Gasteiger partial charge is 0.278 e. The van der Waals surface area contributed by atoms with Gasteiger partial charge in [-0.3, -0.25) is 10.1 Å². The fourth-order valence-corrected chi connectivity index (χ4v) is 2.95. The van der Waals surface area contributed by atoms with Crippen molar-refractivity contribution in [3.8, 4) is 0 Å². The van der Waals surface area contributed by atoms with Crippen LogP contribution in [0.4, 0.5) is 5.69 Å². The van der Waals surface area contributed by atoms with Gasteiger partial charge in [-0.1, -0.05) is 6.07 Å². The van der Waals surface area contributed by atoms with Crippen LogP contribution in [0.5, 0.6) is 0 Å². The summed E-state index contributed by atoms with van der Waals surface area (Å²) in [5.41, 5.74) is 2.40. The number of nitrogens with zero attached hydrogens (tertiary/aromatic N) is 2. The van der Waals surface area contributed by atoms with Crippen LogP contribution >= 0.6 is 11.3 Å². The number of hydrogen-bond donors (Lipinski definition) is 0. The minimum Gasteiger partial charge on any atom is -0.347 e. The second-order valence-electron chi connectivity index (χ2n) is 4.36. The molecule has 0 fully saturated rings. The van der Waals surface area contributed by atoms with Crippen LogP contribution in [0.1, 0.15) is 5.56 Å². The third kappa shape index (κ3) is 2.24. The summed E-state index contributed by atoms with van der Waals surface area (Å²) in [6, 6.07) is 9.14. The summed E-state index contributed by atoms with van der Waals surface area (Å²) in [6.07, 6.45) is 2.86. The van der Waals surface area contributed by atoms with Crippen LogP contribution in [0.15, 0.2) is 47.3 Å². The highest BCUT2D eigenvalue weighted by molar-refractivity contribution is 7.07. The van der Waals surface area contributed by atoms with Gasteiger partial charge in [0.2, 0.25) is 0 Å². The van der Waals surface area contributed by atoms with Gasteiger partial charge in [-0.2, -0.15) is 11.3 Å². The van der Waals surface area contributed by atoms with Crippen molar-refractivity contribution in [2.75, 3.05) is 0 Å². The lowest BCUT2D eigenvalue weighted by molar-refractivity contribution is -0.383. The van der Waals surface area contributed by atoms with Crippen molar-refractivity contribution in [2.24, 2.45) is 0 Å². The maximum atomic E-state index is 11.0. The van der Waals surface area contributed by atoms with Crippen molar-refractivity contribution in [1.82, 2.24) is 4.57 Å². The Bertz CT molecular complexity index is 716. The zero-order valence-corrected chi connectivity index (χ0v) is 11.0. The van der Waals surface area contributed by atoms with Crippen molar-refractivity contribution >= 4 is 27.9 Å². The minimum absolute atomic E-state index is 0.173. The average Bonchev–Trinajstić information content (AvgIpc) is 3.05. The third-order valence-corrected chi connectivity index (χ3v) is 3.94. The quantitative estimate of drug-likeness (QED) is 0.535. The molecule has 2 aromatic heterocycles. The molecule has 2 heterocycles. The van der Waals surface area contributed by atoms with Gasteiger partial charge in [0.15, 0.2) is 0 Å². The molecule has 0 saturated heterocycles. The first kappa shape index (κ1) is 11.9. The van der Waals surface area contributed by atoms with Gasteiger partial charge in [-0.15, -0.1) is 0 Å². The fraction of sp³-hybridized carbons (Fsp3) is 0.143. The van der Waals surface area contributed by atoms with Crippen LogP contribution < -0.4 is 0 Å². The number of fused-ring (bicyclic) bond motifs is 1. The van der Waals surface area contributed by atoms with Gasteiger partial charge in [0.1, 0.15) is 0 Å². The standard InChI is InChI=1S/C14H12N2O2S/c17-16(18)14-3-1-2-13-12(14)5-8-15(13)7-4-11-6-9-19-10-11/h1-3,5-6,8-10H,4,7H2. The Labute approximate surface area is 114 Å². The SMILES string of the molecule is O=[N+]([O-])c1cccc2c1ccn2CCc1ccsc1. The van der Waals surface area contributed by atoms with E-state index in [4.69, 9.17) is 0 Å². The predicted octanol–water partition coefficient (Wildman–Crippen LogP) is 3.85. The maximum Gasteiger partial charge on any atom is 0.278 e. The molecule has 0 N–H and O–H groups in total. The molecule has 0 atom stereocenters. The van der Waals surface area contributed by atoms with Gasteiger partial charge >= 0.3 is 0 Å². The molecular formula is C14H12N2O2S. The van der Waals surface area contributed by atoms with Gasteiger partial charge in [0.25, 0.3) is 5.69 Å². The van der Waals surface area contributed by atoms with Crippen molar-refractivity contribution in [2.45, 2.75) is 13.0 Å². The van der Waals surface area contributed by atoms with E-state index in [1.54, 1.807) is 23.5 Å². The van der Waals surface area contributed by atoms with Crippen LogP contribution in [0, 0.1) is 10.1 Å². The molecule has 0 aliphatic heterocycles. The Kier molecular flexibility index (Phi) is 3.05. The first-order valence-corrected chi connectivity index (χ1v) is 6.93. The van der Waals surface area contributed by atoms with Crippen LogP contribution in [0.3, 0.4) is 0 Å². The predicted molar refractivity (Wildman–Crippen MR) is 76.6 cm³/mol. The van der Waals surface area contributed by atoms with Gasteiger partial charge in [-0.25, -0.2) is 0 Å². The molecular weight excluding hydrogens is 260 g/mol. The van der Waals surface area contributed by atoms with E-state index < -0.39 is 0 Å². The summed E-state index contributed by atoms with van der Waals surface area (Å²) < 4.78 is 2.07. The van der Waals surface area contributed by atoms with Crippen molar-refractivity contribution in [1.29, 1.82) is 0 Å². The van der Waals surface area contributed by atoms with E-state index in [-0.39, 0.29) is 10.6 Å². The zero-order valence-electron chi connectivity index (χ0n) is 10.2. The Hall–Kier alpha value is -2.14. The molecule has 0 amide bonds. The van der Waals surface area contributed by atoms with E-state index in [9.17, 15) is 10.1 Å². The highest BCUT2D eigenvalue weighted by Gasteiger charge is 2.13. The number of non-ortho nitro benzene ring substituents is 1. The Morgan fingerprint density at radius 3 is 2.89 bits per heavy atom. The second-order valence-corrected chi connectivity index (χ2v) is 5.14. The van der Waals surface area contributed by atoms with Gasteiger partial charge in [0.05, 0.1) is 15.8 Å². The van der Waals surface area contributed by atoms with Crippen LogP contribution in [-0.4, -0.2) is 9.49 Å². The number of benzene rings is 1. The highest BCUT2D eigenvalue weighted by atomic mass is 32.1. The Morgan fingerprint density at radius 1 is 1.26 bits per heavy atom. The molecule has 5 heteroatoms. The molecule has 19 heavy (non-hydrogen) atoms. The Balaban J connectivity index is 1.92. The molecule has 96 valence electrons. The lowest BCUT2D eigenvalue weighted by atomic mass is 10.2. The van der Waals surface area contributed by atoms with Gasteiger partial charge in [-0.05, 0) is 40.9 Å². The van der Waals surface area contributed by atoms with Crippen LogP contribution in [-0.2, 0) is 13.0 Å². The molecule has 0 bridgehead atoms. The average molecular weight is 272 g/mol. The molecule has 0 saturated carbocycles. The summed E-state index contributed by atoms with van der Waals surface area (Å²) in [6.45, 7) is 0.835. The number of aromatic nitrogens is 1. The maximum absolute atomic E-state index is 11.0. The third-order valence-electron chi connectivity index (χ3n) is 3.21. The topological polar surface area (TPSA) is 48.1 Å². The molecule has 3 rings (SSSR count). The highest BCUT2D eigenvalue weighted by Crippen LogP contribution is 2.26. The van der Waals surface area contributed by atoms with E-state index in [1.807, 2.05) is 18.3 Å². The largest absolute Gasteiger partial charge is 0.347 e. The first-order chi connectivity index (χ1) is 9.25. The van der Waals surface area contributed by atoms with E-state index in [1.165, 1.54) is 5.56 Å². The monoisotopic (exact) mass is 272 g/mol. The summed E-state index contributed by atoms with van der Waals surface area (Å²) in [7, 11) is 0. The minimum atomic E-state index is -0.328. The van der Waals surface area contributed by atoms with E-state index in [0.29, 0.717) is 5.39 Å². The van der Waals surface area contributed by atoms with Crippen molar-refractivity contribution < 1.29 is 4.92 Å². The van der Waals surface area contributed by atoms with Crippen molar-refractivity contribution in [3.63, 3.8) is 0 Å². The molecule has 0 spiro atoms. The number of rotatable bonds is 4. The molecule has 3 aromatic rings. The van der Waals surface area contributed by atoms with E-state index in [2.05, 4.69) is 21.4 Å². The van der Waals surface area contributed by atoms with E-state index in [0.717, 1.165) is 18.5 Å². The summed E-state index contributed by atoms with van der Waals surface area (Å²) >= 11 is 1.69. The second kappa shape index (κ2) is 4.85. The normalized spacial score (nSPS) is 10.9. The number of aryl methyl sites for hydroxylation is 2. The number of nitro groups is 1. The molecule has 0 radical (unpaired) electrons. The van der Waals surface area contributed by atoms with E-state index >= 15 is 0 Å². The molecule has 0 aliphatic carbocycles. The molecule has 0 aliphatic rings. The molecule has 1 aromatic carbocycles. The number of thiophene rings is 1. The van der Waals surface area contributed by atoms with Gasteiger partial charge < -0.3 is 4.57 Å². The number of hydrogen-bond acceptors (Lipinski definition) is 3.